The van der Waals surface area contributed by atoms with Crippen LogP contribution in [0.1, 0.15) is 20.8 Å². The average Bonchev–Trinajstić information content (AvgIpc) is 2.07. The van der Waals surface area contributed by atoms with Gasteiger partial charge >= 0.3 is 0 Å². The van der Waals surface area contributed by atoms with E-state index in [1.165, 1.54) is 0 Å². The maximum Gasteiger partial charge on any atom is 0.0732 e. The first-order valence-electron chi connectivity index (χ1n) is 3.95. The van der Waals surface area contributed by atoms with Gasteiger partial charge in [-0.25, -0.2) is 0 Å². The van der Waals surface area contributed by atoms with E-state index in [1.807, 2.05) is 0 Å². The highest BCUT2D eigenvalue weighted by atomic mass is 16.3. The molecule has 1 heterocycles. The topological polar surface area (TPSA) is 23.5 Å². The zero-order valence-electron chi connectivity index (χ0n) is 7.20. The van der Waals surface area contributed by atoms with Gasteiger partial charge in [-0.2, -0.15) is 0 Å². The molecule has 0 bridgehead atoms. The van der Waals surface area contributed by atoms with Crippen molar-refractivity contribution in [1.29, 1.82) is 0 Å². The van der Waals surface area contributed by atoms with Crippen LogP contribution in [0.5, 0.6) is 0 Å². The Hall–Kier alpha value is -0.0800. The van der Waals surface area contributed by atoms with E-state index in [0.717, 1.165) is 0 Å². The van der Waals surface area contributed by atoms with Gasteiger partial charge in [-0.05, 0) is 26.8 Å². The highest BCUT2D eigenvalue weighted by molar-refractivity contribution is 4.92. The van der Waals surface area contributed by atoms with E-state index < -0.39 is 0 Å². The molecule has 0 aromatic carbocycles. The third-order valence-electron chi connectivity index (χ3n) is 3.08. The Morgan fingerprint density at radius 1 is 1.10 bits per heavy atom. The van der Waals surface area contributed by atoms with Gasteiger partial charge in [-0.3, -0.25) is 4.90 Å². The van der Waals surface area contributed by atoms with Crippen LogP contribution in [0.4, 0.5) is 0 Å². The summed E-state index contributed by atoms with van der Waals surface area (Å²) < 4.78 is 0. The van der Waals surface area contributed by atoms with Gasteiger partial charge in [-0.15, -0.1) is 0 Å². The Labute approximate surface area is 62.8 Å². The quantitative estimate of drug-likeness (QED) is 0.539. The molecule has 0 aromatic rings. The number of hydrogen-bond acceptors (Lipinski definition) is 2. The molecular weight excluding hydrogens is 126 g/mol. The highest BCUT2D eigenvalue weighted by Crippen LogP contribution is 2.27. The number of rotatable bonds is 0. The molecule has 0 radical (unpaired) electrons. The summed E-state index contributed by atoms with van der Waals surface area (Å²) in [5.74, 6) is 0.417. The number of likely N-dealkylation sites (tertiary alicyclic amines) is 1. The summed E-state index contributed by atoms with van der Waals surface area (Å²) in [6.45, 7) is 6.34. The number of likely N-dealkylation sites (N-methyl/N-ethyl adjacent to an activating group) is 1. The molecule has 0 saturated carbocycles. The van der Waals surface area contributed by atoms with Crippen molar-refractivity contribution >= 4 is 0 Å². The van der Waals surface area contributed by atoms with E-state index >= 15 is 0 Å². The lowest BCUT2D eigenvalue weighted by molar-refractivity contribution is 0.113. The summed E-state index contributed by atoms with van der Waals surface area (Å²) in [7, 11) is 2.07. The number of nitrogens with zero attached hydrogens (tertiary/aromatic N) is 1. The smallest absolute Gasteiger partial charge is 0.0732 e. The van der Waals surface area contributed by atoms with Crippen molar-refractivity contribution < 1.29 is 5.11 Å². The van der Waals surface area contributed by atoms with Crippen LogP contribution in [0.25, 0.3) is 0 Å². The number of aliphatic hydroxyl groups is 1. The zero-order chi connectivity index (χ0) is 7.89. The van der Waals surface area contributed by atoms with Crippen LogP contribution in [0.3, 0.4) is 0 Å². The summed E-state index contributed by atoms with van der Waals surface area (Å²) >= 11 is 0. The second-order valence-electron chi connectivity index (χ2n) is 3.50. The molecule has 0 amide bonds. The largest absolute Gasteiger partial charge is 0.391 e. The Kier molecular flexibility index (Phi) is 2.02. The Morgan fingerprint density at radius 2 is 1.60 bits per heavy atom. The molecule has 0 aromatic heterocycles. The summed E-state index contributed by atoms with van der Waals surface area (Å²) in [4.78, 5) is 2.23. The molecule has 2 heteroatoms. The van der Waals surface area contributed by atoms with Gasteiger partial charge in [0.1, 0.15) is 0 Å². The Balaban J connectivity index is 2.68. The zero-order valence-corrected chi connectivity index (χ0v) is 7.20. The van der Waals surface area contributed by atoms with Crippen LogP contribution >= 0.6 is 0 Å². The van der Waals surface area contributed by atoms with Gasteiger partial charge in [0.2, 0.25) is 0 Å². The van der Waals surface area contributed by atoms with Gasteiger partial charge in [0.25, 0.3) is 0 Å². The first kappa shape index (κ1) is 8.02. The Bertz CT molecular complexity index is 81.6. The van der Waals surface area contributed by atoms with Crippen LogP contribution in [-0.4, -0.2) is 35.2 Å². The van der Waals surface area contributed by atoms with Gasteiger partial charge in [-0.1, -0.05) is 6.92 Å². The minimum Gasteiger partial charge on any atom is -0.391 e. The highest BCUT2D eigenvalue weighted by Gasteiger charge is 2.38. The molecule has 2 nitrogen and oxygen atoms in total. The fourth-order valence-corrected chi connectivity index (χ4v) is 1.71. The van der Waals surface area contributed by atoms with Crippen LogP contribution in [-0.2, 0) is 0 Å². The number of aliphatic hydroxyl groups excluding tert-OH is 1. The second kappa shape index (κ2) is 2.51. The second-order valence-corrected chi connectivity index (χ2v) is 3.50. The minimum atomic E-state index is -0.139. The fourth-order valence-electron chi connectivity index (χ4n) is 1.71. The lowest BCUT2D eigenvalue weighted by atomic mass is 10.0. The third kappa shape index (κ3) is 0.956. The van der Waals surface area contributed by atoms with E-state index in [9.17, 15) is 5.11 Å². The normalized spacial score (nSPS) is 50.1. The van der Waals surface area contributed by atoms with Crippen LogP contribution in [0.2, 0.25) is 0 Å². The Morgan fingerprint density at radius 3 is 1.70 bits per heavy atom. The average molecular weight is 143 g/mol. The predicted octanol–water partition coefficient (Wildman–Crippen LogP) is 0.706. The lowest BCUT2D eigenvalue weighted by Gasteiger charge is -2.20. The van der Waals surface area contributed by atoms with Crippen molar-refractivity contribution in [2.45, 2.75) is 39.0 Å². The molecular formula is C8H17NO. The summed E-state index contributed by atoms with van der Waals surface area (Å²) in [5, 5.41) is 9.57. The van der Waals surface area contributed by atoms with Crippen molar-refractivity contribution in [2.24, 2.45) is 5.92 Å². The minimum absolute atomic E-state index is 0.139. The molecule has 1 saturated heterocycles. The molecule has 1 rings (SSSR count). The summed E-state index contributed by atoms with van der Waals surface area (Å²) in [5.41, 5.74) is 0. The van der Waals surface area contributed by atoms with Crippen molar-refractivity contribution in [3.8, 4) is 0 Å². The van der Waals surface area contributed by atoms with Crippen molar-refractivity contribution in [3.63, 3.8) is 0 Å². The monoisotopic (exact) mass is 143 g/mol. The van der Waals surface area contributed by atoms with Gasteiger partial charge in [0.15, 0.2) is 0 Å². The van der Waals surface area contributed by atoms with Crippen LogP contribution in [0, 0.1) is 5.92 Å². The van der Waals surface area contributed by atoms with Gasteiger partial charge < -0.3 is 5.11 Å². The molecule has 1 N–H and O–H groups in total. The van der Waals surface area contributed by atoms with E-state index in [0.29, 0.717) is 18.0 Å². The molecule has 10 heavy (non-hydrogen) atoms. The third-order valence-corrected chi connectivity index (χ3v) is 3.08. The molecule has 1 fully saturated rings. The van der Waals surface area contributed by atoms with E-state index in [4.69, 9.17) is 0 Å². The van der Waals surface area contributed by atoms with E-state index in [1.54, 1.807) is 0 Å². The molecule has 1 aliphatic heterocycles. The predicted molar refractivity (Wildman–Crippen MR) is 41.9 cm³/mol. The first-order chi connectivity index (χ1) is 4.55. The number of hydrogen-bond donors (Lipinski definition) is 1. The standard InChI is InChI=1S/C8H17NO/c1-5-6(2)9(4)7(3)8(5)10/h5-8,10H,1-4H3. The van der Waals surface area contributed by atoms with Gasteiger partial charge in [0, 0.05) is 12.1 Å². The maximum absolute atomic E-state index is 9.57. The van der Waals surface area contributed by atoms with Crippen LogP contribution in [0.15, 0.2) is 0 Å². The van der Waals surface area contributed by atoms with Crippen LogP contribution < -0.4 is 0 Å². The van der Waals surface area contributed by atoms with Gasteiger partial charge in [0.05, 0.1) is 6.10 Å². The summed E-state index contributed by atoms with van der Waals surface area (Å²) in [6, 6.07) is 0.843. The molecule has 1 aliphatic rings. The molecule has 4 atom stereocenters. The summed E-state index contributed by atoms with van der Waals surface area (Å²) in [6.07, 6.45) is -0.139. The molecule has 0 spiro atoms. The molecule has 60 valence electrons. The lowest BCUT2D eigenvalue weighted by Crippen LogP contribution is -2.31. The molecule has 0 aliphatic carbocycles. The SMILES string of the molecule is CC1C(O)C(C)N(C)C1C. The van der Waals surface area contributed by atoms with E-state index in [-0.39, 0.29) is 6.10 Å². The van der Waals surface area contributed by atoms with E-state index in [2.05, 4.69) is 32.7 Å². The molecule has 4 unspecified atom stereocenters. The van der Waals surface area contributed by atoms with Crippen molar-refractivity contribution in [2.75, 3.05) is 7.05 Å². The maximum atomic E-state index is 9.57. The van der Waals surface area contributed by atoms with Crippen molar-refractivity contribution in [1.82, 2.24) is 4.90 Å². The first-order valence-corrected chi connectivity index (χ1v) is 3.95. The fraction of sp³-hybridized carbons (Fsp3) is 1.00. The van der Waals surface area contributed by atoms with Crippen molar-refractivity contribution in [3.05, 3.63) is 0 Å².